The number of ether oxygens (including phenoxy) is 1. The van der Waals surface area contributed by atoms with Gasteiger partial charge >= 0.3 is 5.97 Å². The smallest absolute Gasteiger partial charge is 0.310 e. The lowest BCUT2D eigenvalue weighted by atomic mass is 9.99. The van der Waals surface area contributed by atoms with Gasteiger partial charge in [-0.15, -0.1) is 0 Å². The minimum atomic E-state index is -0.154. The van der Waals surface area contributed by atoms with Crippen LogP contribution < -0.4 is 0 Å². The van der Waals surface area contributed by atoms with E-state index in [9.17, 15) is 4.79 Å². The summed E-state index contributed by atoms with van der Waals surface area (Å²) in [5.41, 5.74) is 1.14. The first-order valence-electron chi connectivity index (χ1n) is 5.50. The predicted molar refractivity (Wildman–Crippen MR) is 71.9 cm³/mol. The lowest BCUT2D eigenvalue weighted by Crippen LogP contribution is -2.30. The van der Waals surface area contributed by atoms with Gasteiger partial charge in [-0.05, 0) is 38.2 Å². The van der Waals surface area contributed by atoms with E-state index in [0.717, 1.165) is 10.0 Å². The van der Waals surface area contributed by atoms with Gasteiger partial charge in [0.15, 0.2) is 0 Å². The van der Waals surface area contributed by atoms with Gasteiger partial charge in [0.2, 0.25) is 0 Å². The molecule has 1 aromatic carbocycles. The molecule has 3 nitrogen and oxygen atoms in total. The average molecular weight is 300 g/mol. The van der Waals surface area contributed by atoms with Crippen molar-refractivity contribution in [2.75, 3.05) is 27.7 Å². The Labute approximate surface area is 111 Å². The molecule has 0 aliphatic carbocycles. The number of halogens is 1. The molecule has 0 fully saturated rings. The van der Waals surface area contributed by atoms with E-state index in [4.69, 9.17) is 4.74 Å². The van der Waals surface area contributed by atoms with Crippen molar-refractivity contribution in [2.45, 2.75) is 6.42 Å². The van der Waals surface area contributed by atoms with Crippen LogP contribution in [0.2, 0.25) is 0 Å². The maximum absolute atomic E-state index is 11.7. The third-order valence-electron chi connectivity index (χ3n) is 2.49. The Hall–Kier alpha value is -0.870. The van der Waals surface area contributed by atoms with Gasteiger partial charge in [0.05, 0.1) is 13.0 Å². The number of carbonyl (C=O) groups excluding carboxylic acids is 1. The Morgan fingerprint density at radius 2 is 2.18 bits per heavy atom. The second-order valence-corrected chi connectivity index (χ2v) is 5.23. The number of hydrogen-bond donors (Lipinski definition) is 0. The standard InChI is InChI=1S/C13H18BrNO2/c1-15(2)9-11(13(16)17-3)7-10-5-4-6-12(14)8-10/h4-6,8,11H,7,9H2,1-3H3. The number of hydrogen-bond acceptors (Lipinski definition) is 3. The fourth-order valence-corrected chi connectivity index (χ4v) is 2.22. The largest absolute Gasteiger partial charge is 0.469 e. The Morgan fingerprint density at radius 3 is 2.71 bits per heavy atom. The highest BCUT2D eigenvalue weighted by atomic mass is 79.9. The van der Waals surface area contributed by atoms with Crippen LogP contribution in [0, 0.1) is 5.92 Å². The summed E-state index contributed by atoms with van der Waals surface area (Å²) in [4.78, 5) is 13.7. The number of rotatable bonds is 5. The van der Waals surface area contributed by atoms with Crippen LogP contribution in [0.5, 0.6) is 0 Å². The van der Waals surface area contributed by atoms with Crippen molar-refractivity contribution in [1.29, 1.82) is 0 Å². The summed E-state index contributed by atoms with van der Waals surface area (Å²) in [6, 6.07) is 8.01. The Kier molecular flexibility index (Phi) is 5.65. The van der Waals surface area contributed by atoms with Gasteiger partial charge in [-0.2, -0.15) is 0 Å². The molecule has 17 heavy (non-hydrogen) atoms. The first-order valence-corrected chi connectivity index (χ1v) is 6.29. The van der Waals surface area contributed by atoms with E-state index in [1.165, 1.54) is 7.11 Å². The van der Waals surface area contributed by atoms with Crippen LogP contribution >= 0.6 is 15.9 Å². The van der Waals surface area contributed by atoms with Crippen LogP contribution in [0.3, 0.4) is 0 Å². The fourth-order valence-electron chi connectivity index (χ4n) is 1.78. The molecule has 0 aromatic heterocycles. The molecule has 0 aliphatic rings. The van der Waals surface area contributed by atoms with Gasteiger partial charge in [0.25, 0.3) is 0 Å². The van der Waals surface area contributed by atoms with Gasteiger partial charge in [-0.3, -0.25) is 4.79 Å². The molecule has 0 N–H and O–H groups in total. The van der Waals surface area contributed by atoms with E-state index in [1.807, 2.05) is 43.3 Å². The fraction of sp³-hybridized carbons (Fsp3) is 0.462. The number of methoxy groups -OCH3 is 1. The minimum Gasteiger partial charge on any atom is -0.469 e. The Bertz CT molecular complexity index is 379. The molecule has 1 rings (SSSR count). The van der Waals surface area contributed by atoms with Crippen molar-refractivity contribution >= 4 is 21.9 Å². The number of benzene rings is 1. The maximum atomic E-state index is 11.7. The quantitative estimate of drug-likeness (QED) is 0.782. The van der Waals surface area contributed by atoms with Gasteiger partial charge in [-0.1, -0.05) is 28.1 Å². The molecule has 0 saturated heterocycles. The second-order valence-electron chi connectivity index (χ2n) is 4.32. The van der Waals surface area contributed by atoms with Crippen LogP contribution in [0.25, 0.3) is 0 Å². The van der Waals surface area contributed by atoms with Crippen molar-refractivity contribution < 1.29 is 9.53 Å². The van der Waals surface area contributed by atoms with Gasteiger partial charge in [0.1, 0.15) is 0 Å². The normalized spacial score (nSPS) is 12.5. The highest BCUT2D eigenvalue weighted by molar-refractivity contribution is 9.10. The highest BCUT2D eigenvalue weighted by Gasteiger charge is 2.20. The summed E-state index contributed by atoms with van der Waals surface area (Å²) in [5.74, 6) is -0.275. The Morgan fingerprint density at radius 1 is 1.47 bits per heavy atom. The zero-order chi connectivity index (χ0) is 12.8. The summed E-state index contributed by atoms with van der Waals surface area (Å²) in [6.07, 6.45) is 0.699. The van der Waals surface area contributed by atoms with E-state index in [0.29, 0.717) is 13.0 Å². The molecule has 0 saturated carbocycles. The zero-order valence-electron chi connectivity index (χ0n) is 10.4. The van der Waals surface area contributed by atoms with Crippen LogP contribution in [0.4, 0.5) is 0 Å². The second kappa shape index (κ2) is 6.77. The molecule has 1 aromatic rings. The van der Waals surface area contributed by atoms with Gasteiger partial charge in [0, 0.05) is 11.0 Å². The summed E-state index contributed by atoms with van der Waals surface area (Å²) < 4.78 is 5.87. The van der Waals surface area contributed by atoms with E-state index < -0.39 is 0 Å². The molecule has 0 aliphatic heterocycles. The van der Waals surface area contributed by atoms with Crippen LogP contribution in [0.15, 0.2) is 28.7 Å². The lowest BCUT2D eigenvalue weighted by Gasteiger charge is -2.19. The molecule has 94 valence electrons. The minimum absolute atomic E-state index is 0.121. The van der Waals surface area contributed by atoms with Crippen LogP contribution in [-0.2, 0) is 16.0 Å². The molecule has 0 heterocycles. The molecule has 0 amide bonds. The van der Waals surface area contributed by atoms with Crippen molar-refractivity contribution in [3.63, 3.8) is 0 Å². The molecule has 0 spiro atoms. The third kappa shape index (κ3) is 4.88. The van der Waals surface area contributed by atoms with Crippen molar-refractivity contribution in [3.05, 3.63) is 34.3 Å². The van der Waals surface area contributed by atoms with Crippen LogP contribution in [-0.4, -0.2) is 38.6 Å². The van der Waals surface area contributed by atoms with Crippen LogP contribution in [0.1, 0.15) is 5.56 Å². The monoisotopic (exact) mass is 299 g/mol. The van der Waals surface area contributed by atoms with E-state index >= 15 is 0 Å². The number of esters is 1. The predicted octanol–water partition coefficient (Wildman–Crippen LogP) is 2.34. The molecule has 1 atom stereocenters. The maximum Gasteiger partial charge on any atom is 0.310 e. The van der Waals surface area contributed by atoms with Crippen molar-refractivity contribution in [2.24, 2.45) is 5.92 Å². The first kappa shape index (κ1) is 14.2. The van der Waals surface area contributed by atoms with Gasteiger partial charge < -0.3 is 9.64 Å². The molecule has 0 radical (unpaired) electrons. The topological polar surface area (TPSA) is 29.5 Å². The highest BCUT2D eigenvalue weighted by Crippen LogP contribution is 2.16. The summed E-state index contributed by atoms with van der Waals surface area (Å²) in [6.45, 7) is 0.694. The Balaban J connectivity index is 2.75. The van der Waals surface area contributed by atoms with Gasteiger partial charge in [-0.25, -0.2) is 0 Å². The van der Waals surface area contributed by atoms with E-state index in [2.05, 4.69) is 15.9 Å². The molecule has 1 unspecified atom stereocenters. The molecule has 0 bridgehead atoms. The first-order chi connectivity index (χ1) is 8.02. The van der Waals surface area contributed by atoms with E-state index in [1.54, 1.807) is 0 Å². The molecular weight excluding hydrogens is 282 g/mol. The number of nitrogens with zero attached hydrogens (tertiary/aromatic N) is 1. The summed E-state index contributed by atoms with van der Waals surface area (Å²) in [5, 5.41) is 0. The number of carbonyl (C=O) groups is 1. The summed E-state index contributed by atoms with van der Waals surface area (Å²) in [7, 11) is 5.35. The van der Waals surface area contributed by atoms with E-state index in [-0.39, 0.29) is 11.9 Å². The van der Waals surface area contributed by atoms with Crippen molar-refractivity contribution in [1.82, 2.24) is 4.90 Å². The zero-order valence-corrected chi connectivity index (χ0v) is 12.0. The average Bonchev–Trinajstić information content (AvgIpc) is 2.26. The summed E-state index contributed by atoms with van der Waals surface area (Å²) >= 11 is 3.43. The third-order valence-corrected chi connectivity index (χ3v) is 2.98. The molecular formula is C13H18BrNO2. The SMILES string of the molecule is COC(=O)C(Cc1cccc(Br)c1)CN(C)C. The molecule has 4 heteroatoms. The lowest BCUT2D eigenvalue weighted by molar-refractivity contribution is -0.145. The van der Waals surface area contributed by atoms with Crippen molar-refractivity contribution in [3.8, 4) is 0 Å².